The maximum Gasteiger partial charge on any atom is 0.231 e. The normalized spacial score (nSPS) is 11.7. The molecule has 0 aliphatic heterocycles. The van der Waals surface area contributed by atoms with Gasteiger partial charge >= 0.3 is 0 Å². The van der Waals surface area contributed by atoms with E-state index in [-0.39, 0.29) is 5.54 Å². The monoisotopic (exact) mass is 344 g/mol. The zero-order valence-corrected chi connectivity index (χ0v) is 15.0. The van der Waals surface area contributed by atoms with E-state index in [1.165, 1.54) is 0 Å². The van der Waals surface area contributed by atoms with Crippen molar-refractivity contribution in [1.82, 2.24) is 15.0 Å². The van der Waals surface area contributed by atoms with Crippen molar-refractivity contribution >= 4 is 16.9 Å². The van der Waals surface area contributed by atoms with Crippen LogP contribution in [0.2, 0.25) is 0 Å². The van der Waals surface area contributed by atoms with Crippen molar-refractivity contribution in [2.45, 2.75) is 26.3 Å². The standard InChI is InChI=1S/C21H20N4O/c1-21(2,3)25-19-16(20-24-17-6-4-5-7-18(17)26-20)12-15(13-23-19)14-8-10-22-11-9-14/h4-13H,1-3H3,(H,23,25). The first kappa shape index (κ1) is 16.3. The van der Waals surface area contributed by atoms with Crippen molar-refractivity contribution in [2.75, 3.05) is 5.32 Å². The number of rotatable bonds is 3. The van der Waals surface area contributed by atoms with E-state index in [1.807, 2.05) is 42.6 Å². The summed E-state index contributed by atoms with van der Waals surface area (Å²) in [6.45, 7) is 6.30. The van der Waals surface area contributed by atoms with Crippen LogP contribution in [0.5, 0.6) is 0 Å². The molecule has 0 amide bonds. The Morgan fingerprint density at radius 1 is 0.962 bits per heavy atom. The van der Waals surface area contributed by atoms with Crippen molar-refractivity contribution < 1.29 is 4.42 Å². The molecule has 0 saturated heterocycles. The van der Waals surface area contributed by atoms with Gasteiger partial charge in [0.2, 0.25) is 5.89 Å². The third kappa shape index (κ3) is 3.28. The molecule has 5 heteroatoms. The smallest absolute Gasteiger partial charge is 0.231 e. The lowest BCUT2D eigenvalue weighted by Gasteiger charge is -2.22. The molecular weight excluding hydrogens is 324 g/mol. The predicted octanol–water partition coefficient (Wildman–Crippen LogP) is 5.16. The van der Waals surface area contributed by atoms with Gasteiger partial charge in [-0.05, 0) is 56.7 Å². The van der Waals surface area contributed by atoms with Crippen LogP contribution in [-0.4, -0.2) is 20.5 Å². The van der Waals surface area contributed by atoms with Crippen LogP contribution in [0.3, 0.4) is 0 Å². The number of pyridine rings is 2. The van der Waals surface area contributed by atoms with Crippen LogP contribution >= 0.6 is 0 Å². The summed E-state index contributed by atoms with van der Waals surface area (Å²) in [5, 5.41) is 3.45. The van der Waals surface area contributed by atoms with Gasteiger partial charge in [-0.15, -0.1) is 0 Å². The summed E-state index contributed by atoms with van der Waals surface area (Å²) in [4.78, 5) is 13.4. The number of anilines is 1. The van der Waals surface area contributed by atoms with Gasteiger partial charge in [-0.25, -0.2) is 9.97 Å². The molecule has 0 unspecified atom stereocenters. The molecule has 4 rings (SSSR count). The van der Waals surface area contributed by atoms with Gasteiger partial charge in [-0.1, -0.05) is 12.1 Å². The number of nitrogens with zero attached hydrogens (tertiary/aromatic N) is 3. The zero-order chi connectivity index (χ0) is 18.1. The number of hydrogen-bond acceptors (Lipinski definition) is 5. The summed E-state index contributed by atoms with van der Waals surface area (Å²) < 4.78 is 6.00. The Morgan fingerprint density at radius 2 is 1.73 bits per heavy atom. The first-order valence-corrected chi connectivity index (χ1v) is 8.54. The Balaban J connectivity index is 1.88. The highest BCUT2D eigenvalue weighted by atomic mass is 16.3. The molecule has 0 aliphatic rings. The third-order valence-corrected chi connectivity index (χ3v) is 3.92. The molecule has 0 atom stereocenters. The highest BCUT2D eigenvalue weighted by Gasteiger charge is 2.19. The van der Waals surface area contributed by atoms with Gasteiger partial charge in [0.1, 0.15) is 11.3 Å². The second-order valence-corrected chi connectivity index (χ2v) is 7.22. The number of oxazole rings is 1. The Bertz CT molecular complexity index is 1020. The van der Waals surface area contributed by atoms with E-state index in [9.17, 15) is 0 Å². The SMILES string of the molecule is CC(C)(C)Nc1ncc(-c2ccncc2)cc1-c1nc2ccccc2o1. The Labute approximate surface area is 152 Å². The van der Waals surface area contributed by atoms with Crippen LogP contribution in [0.15, 0.2) is 65.5 Å². The minimum atomic E-state index is -0.133. The number of benzene rings is 1. The molecule has 3 aromatic heterocycles. The minimum absolute atomic E-state index is 0.133. The fourth-order valence-electron chi connectivity index (χ4n) is 2.77. The number of hydrogen-bond donors (Lipinski definition) is 1. The van der Waals surface area contributed by atoms with Crippen LogP contribution in [-0.2, 0) is 0 Å². The van der Waals surface area contributed by atoms with Crippen molar-refractivity contribution in [2.24, 2.45) is 0 Å². The van der Waals surface area contributed by atoms with Crippen LogP contribution < -0.4 is 5.32 Å². The van der Waals surface area contributed by atoms with Crippen LogP contribution in [0, 0.1) is 0 Å². The topological polar surface area (TPSA) is 63.8 Å². The Kier molecular flexibility index (Phi) is 3.92. The minimum Gasteiger partial charge on any atom is -0.436 e. The summed E-state index contributed by atoms with van der Waals surface area (Å²) in [5.74, 6) is 1.31. The fourth-order valence-corrected chi connectivity index (χ4v) is 2.77. The molecule has 0 aliphatic carbocycles. The molecule has 0 fully saturated rings. The van der Waals surface area contributed by atoms with Gasteiger partial charge in [0, 0.05) is 29.7 Å². The predicted molar refractivity (Wildman–Crippen MR) is 104 cm³/mol. The quantitative estimate of drug-likeness (QED) is 0.556. The molecule has 5 nitrogen and oxygen atoms in total. The van der Waals surface area contributed by atoms with Crippen molar-refractivity contribution in [3.8, 4) is 22.6 Å². The van der Waals surface area contributed by atoms with E-state index in [1.54, 1.807) is 12.4 Å². The van der Waals surface area contributed by atoms with Gasteiger partial charge in [0.05, 0.1) is 5.56 Å². The molecule has 0 saturated carbocycles. The van der Waals surface area contributed by atoms with Gasteiger partial charge < -0.3 is 9.73 Å². The zero-order valence-electron chi connectivity index (χ0n) is 15.0. The van der Waals surface area contributed by atoms with Crippen LogP contribution in [0.1, 0.15) is 20.8 Å². The molecule has 0 spiro atoms. The highest BCUT2D eigenvalue weighted by molar-refractivity contribution is 5.81. The molecule has 0 bridgehead atoms. The average Bonchev–Trinajstić information content (AvgIpc) is 3.05. The number of fused-ring (bicyclic) bond motifs is 1. The van der Waals surface area contributed by atoms with E-state index in [0.717, 1.165) is 33.6 Å². The van der Waals surface area contributed by atoms with E-state index < -0.39 is 0 Å². The molecule has 26 heavy (non-hydrogen) atoms. The number of para-hydroxylation sites is 2. The molecule has 0 radical (unpaired) electrons. The maximum absolute atomic E-state index is 6.00. The summed E-state index contributed by atoms with van der Waals surface area (Å²) in [6, 6.07) is 13.7. The average molecular weight is 344 g/mol. The molecule has 3 heterocycles. The molecule has 130 valence electrons. The van der Waals surface area contributed by atoms with E-state index >= 15 is 0 Å². The second kappa shape index (κ2) is 6.26. The molecule has 4 aromatic rings. The number of aromatic nitrogens is 3. The Morgan fingerprint density at radius 3 is 2.46 bits per heavy atom. The maximum atomic E-state index is 6.00. The van der Waals surface area contributed by atoms with Crippen molar-refractivity contribution in [3.05, 3.63) is 61.1 Å². The van der Waals surface area contributed by atoms with Crippen LogP contribution in [0.4, 0.5) is 5.82 Å². The first-order valence-electron chi connectivity index (χ1n) is 8.54. The molecule has 1 N–H and O–H groups in total. The van der Waals surface area contributed by atoms with Crippen LogP contribution in [0.25, 0.3) is 33.7 Å². The lowest BCUT2D eigenvalue weighted by Crippen LogP contribution is -2.27. The van der Waals surface area contributed by atoms with E-state index in [0.29, 0.717) is 5.89 Å². The summed E-state index contributed by atoms with van der Waals surface area (Å²) in [5.41, 5.74) is 4.34. The van der Waals surface area contributed by atoms with Gasteiger partial charge in [0.25, 0.3) is 0 Å². The van der Waals surface area contributed by atoms with Crippen molar-refractivity contribution in [3.63, 3.8) is 0 Å². The van der Waals surface area contributed by atoms with Crippen molar-refractivity contribution in [1.29, 1.82) is 0 Å². The second-order valence-electron chi connectivity index (χ2n) is 7.22. The highest BCUT2D eigenvalue weighted by Crippen LogP contribution is 2.33. The fraction of sp³-hybridized carbons (Fsp3) is 0.190. The van der Waals surface area contributed by atoms with E-state index in [4.69, 9.17) is 4.42 Å². The molecule has 1 aromatic carbocycles. The summed E-state index contributed by atoms with van der Waals surface area (Å²) in [6.07, 6.45) is 5.40. The first-order chi connectivity index (χ1) is 12.5. The van der Waals surface area contributed by atoms with Gasteiger partial charge in [-0.2, -0.15) is 0 Å². The van der Waals surface area contributed by atoms with Gasteiger partial charge in [0.15, 0.2) is 5.58 Å². The lowest BCUT2D eigenvalue weighted by atomic mass is 10.0. The summed E-state index contributed by atoms with van der Waals surface area (Å²) in [7, 11) is 0. The lowest BCUT2D eigenvalue weighted by molar-refractivity contribution is 0.614. The number of nitrogens with one attached hydrogen (secondary N) is 1. The molecular formula is C21H20N4O. The van der Waals surface area contributed by atoms with Gasteiger partial charge in [-0.3, -0.25) is 4.98 Å². The summed E-state index contributed by atoms with van der Waals surface area (Å²) >= 11 is 0. The third-order valence-electron chi connectivity index (χ3n) is 3.92. The largest absolute Gasteiger partial charge is 0.436 e. The Hall–Kier alpha value is -3.21. The van der Waals surface area contributed by atoms with E-state index in [2.05, 4.69) is 47.1 Å².